The first-order valence-corrected chi connectivity index (χ1v) is 4.93. The van der Waals surface area contributed by atoms with Crippen molar-refractivity contribution >= 4 is 5.91 Å². The summed E-state index contributed by atoms with van der Waals surface area (Å²) in [6.45, 7) is 0.651. The Bertz CT molecular complexity index is 391. The van der Waals surface area contributed by atoms with Gasteiger partial charge < -0.3 is 5.73 Å². The molecule has 0 bridgehead atoms. The maximum Gasteiger partial charge on any atom is 0.415 e. The number of hydrogen-bond donors (Lipinski definition) is 2. The minimum Gasteiger partial charge on any atom is -0.368 e. The first kappa shape index (κ1) is 13.5. The summed E-state index contributed by atoms with van der Waals surface area (Å²) >= 11 is 0. The van der Waals surface area contributed by atoms with Crippen LogP contribution in [0.15, 0.2) is 30.3 Å². The van der Waals surface area contributed by atoms with Crippen molar-refractivity contribution < 1.29 is 18.0 Å². The highest BCUT2D eigenvalue weighted by molar-refractivity contribution is 5.85. The summed E-state index contributed by atoms with van der Waals surface area (Å²) in [5.74, 6) is -1.44. The van der Waals surface area contributed by atoms with Gasteiger partial charge in [-0.05, 0) is 12.5 Å². The highest BCUT2D eigenvalue weighted by Crippen LogP contribution is 2.30. The number of hydrogen-bond acceptors (Lipinski definition) is 2. The molecule has 0 aliphatic carbocycles. The Hall–Kier alpha value is -1.56. The van der Waals surface area contributed by atoms with Crippen LogP contribution in [0.3, 0.4) is 0 Å². The zero-order chi connectivity index (χ0) is 13.1. The highest BCUT2D eigenvalue weighted by atomic mass is 19.4. The average Bonchev–Trinajstić information content (AvgIpc) is 2.25. The van der Waals surface area contributed by atoms with Crippen molar-refractivity contribution in [3.63, 3.8) is 0 Å². The molecule has 0 aromatic heterocycles. The number of nitrogens with two attached hydrogens (primary N) is 1. The second-order valence-electron chi connectivity index (χ2n) is 3.83. The minimum absolute atomic E-state index is 0.0835. The average molecular weight is 246 g/mol. The lowest BCUT2D eigenvalue weighted by Crippen LogP contribution is -2.62. The fourth-order valence-electron chi connectivity index (χ4n) is 1.20. The van der Waals surface area contributed by atoms with Crippen molar-refractivity contribution in [2.24, 2.45) is 5.73 Å². The van der Waals surface area contributed by atoms with Gasteiger partial charge in [0.1, 0.15) is 0 Å². The molecule has 0 aliphatic rings. The molecule has 1 aromatic rings. The van der Waals surface area contributed by atoms with Gasteiger partial charge >= 0.3 is 6.18 Å². The number of alkyl halides is 3. The molecule has 0 saturated carbocycles. The third-order valence-electron chi connectivity index (χ3n) is 2.55. The number of primary amides is 1. The van der Waals surface area contributed by atoms with Gasteiger partial charge in [0.25, 0.3) is 0 Å². The predicted octanol–water partition coefficient (Wildman–Crippen LogP) is 1.58. The molecule has 0 radical (unpaired) electrons. The van der Waals surface area contributed by atoms with E-state index >= 15 is 0 Å². The second-order valence-corrected chi connectivity index (χ2v) is 3.83. The van der Waals surface area contributed by atoms with Gasteiger partial charge in [-0.1, -0.05) is 30.3 Å². The number of nitrogens with one attached hydrogen (secondary N) is 1. The van der Waals surface area contributed by atoms with Crippen LogP contribution in [-0.2, 0) is 11.3 Å². The van der Waals surface area contributed by atoms with Crippen LogP contribution in [0.2, 0.25) is 0 Å². The zero-order valence-corrected chi connectivity index (χ0v) is 9.21. The Morgan fingerprint density at radius 1 is 1.29 bits per heavy atom. The Morgan fingerprint density at radius 3 is 2.24 bits per heavy atom. The van der Waals surface area contributed by atoms with Crippen LogP contribution in [0.5, 0.6) is 0 Å². The van der Waals surface area contributed by atoms with Crippen molar-refractivity contribution in [2.45, 2.75) is 25.2 Å². The van der Waals surface area contributed by atoms with Crippen LogP contribution in [0, 0.1) is 0 Å². The first-order chi connectivity index (χ1) is 7.77. The van der Waals surface area contributed by atoms with Gasteiger partial charge in [-0.3, -0.25) is 10.1 Å². The lowest BCUT2D eigenvalue weighted by Gasteiger charge is -2.29. The van der Waals surface area contributed by atoms with Gasteiger partial charge in [0.2, 0.25) is 5.91 Å². The molecule has 0 fully saturated rings. The van der Waals surface area contributed by atoms with Crippen LogP contribution < -0.4 is 11.1 Å². The molecule has 0 saturated heterocycles. The third kappa shape index (κ3) is 2.97. The summed E-state index contributed by atoms with van der Waals surface area (Å²) in [7, 11) is 0. The Labute approximate surface area is 96.8 Å². The normalized spacial score (nSPS) is 15.3. The number of amides is 1. The molecule has 1 rings (SSSR count). The third-order valence-corrected chi connectivity index (χ3v) is 2.55. The zero-order valence-electron chi connectivity index (χ0n) is 9.21. The lowest BCUT2D eigenvalue weighted by molar-refractivity contribution is -0.194. The van der Waals surface area contributed by atoms with Gasteiger partial charge in [-0.2, -0.15) is 13.2 Å². The molecular weight excluding hydrogens is 233 g/mol. The number of carbonyl (C=O) groups is 1. The van der Waals surface area contributed by atoms with Crippen LogP contribution in [0.4, 0.5) is 13.2 Å². The summed E-state index contributed by atoms with van der Waals surface area (Å²) in [5.41, 5.74) is 2.72. The molecule has 3 N–H and O–H groups in total. The smallest absolute Gasteiger partial charge is 0.368 e. The molecule has 1 unspecified atom stereocenters. The van der Waals surface area contributed by atoms with Crippen LogP contribution in [0.25, 0.3) is 0 Å². The van der Waals surface area contributed by atoms with E-state index in [0.29, 0.717) is 5.56 Å². The van der Waals surface area contributed by atoms with E-state index in [1.807, 2.05) is 0 Å². The van der Waals surface area contributed by atoms with Gasteiger partial charge in [0.15, 0.2) is 5.54 Å². The van der Waals surface area contributed by atoms with E-state index in [4.69, 9.17) is 5.73 Å². The number of rotatable bonds is 4. The molecule has 94 valence electrons. The van der Waals surface area contributed by atoms with Gasteiger partial charge in [-0.15, -0.1) is 0 Å². The topological polar surface area (TPSA) is 55.1 Å². The van der Waals surface area contributed by atoms with E-state index < -0.39 is 17.6 Å². The number of benzene rings is 1. The van der Waals surface area contributed by atoms with E-state index in [1.54, 1.807) is 30.3 Å². The Morgan fingerprint density at radius 2 is 1.82 bits per heavy atom. The minimum atomic E-state index is -4.73. The van der Waals surface area contributed by atoms with Crippen molar-refractivity contribution in [3.8, 4) is 0 Å². The summed E-state index contributed by atoms with van der Waals surface area (Å²) in [6, 6.07) is 8.47. The Kier molecular flexibility index (Phi) is 3.77. The standard InChI is InChI=1S/C11H13F3N2O/c1-10(9(15)17,11(12,13)14)16-7-8-5-3-2-4-6-8/h2-6,16H,7H2,1H3,(H2,15,17). The molecule has 17 heavy (non-hydrogen) atoms. The molecule has 1 atom stereocenters. The Balaban J connectivity index is 2.80. The molecule has 0 spiro atoms. The number of carbonyl (C=O) groups excluding carboxylic acids is 1. The summed E-state index contributed by atoms with van der Waals surface area (Å²) in [6.07, 6.45) is -4.73. The van der Waals surface area contributed by atoms with E-state index in [1.165, 1.54) is 0 Å². The summed E-state index contributed by atoms with van der Waals surface area (Å²) in [5, 5.41) is 2.15. The van der Waals surface area contributed by atoms with Gasteiger partial charge in [0.05, 0.1) is 0 Å². The van der Waals surface area contributed by atoms with Crippen LogP contribution >= 0.6 is 0 Å². The first-order valence-electron chi connectivity index (χ1n) is 4.93. The van der Waals surface area contributed by atoms with Crippen molar-refractivity contribution in [2.75, 3.05) is 0 Å². The monoisotopic (exact) mass is 246 g/mol. The lowest BCUT2D eigenvalue weighted by atomic mass is 10.0. The molecule has 1 amide bonds. The summed E-state index contributed by atoms with van der Waals surface area (Å²) < 4.78 is 38.1. The number of halogens is 3. The molecule has 3 nitrogen and oxygen atoms in total. The predicted molar refractivity (Wildman–Crippen MR) is 56.9 cm³/mol. The fourth-order valence-corrected chi connectivity index (χ4v) is 1.20. The van der Waals surface area contributed by atoms with E-state index in [2.05, 4.69) is 5.32 Å². The molecular formula is C11H13F3N2O. The molecule has 0 heterocycles. The maximum absolute atomic E-state index is 12.7. The molecule has 6 heteroatoms. The van der Waals surface area contributed by atoms with Crippen molar-refractivity contribution in [3.05, 3.63) is 35.9 Å². The fraction of sp³-hybridized carbons (Fsp3) is 0.364. The van der Waals surface area contributed by atoms with Gasteiger partial charge in [0, 0.05) is 6.54 Å². The van der Waals surface area contributed by atoms with E-state index in [0.717, 1.165) is 6.92 Å². The summed E-state index contributed by atoms with van der Waals surface area (Å²) in [4.78, 5) is 10.9. The van der Waals surface area contributed by atoms with E-state index in [9.17, 15) is 18.0 Å². The quantitative estimate of drug-likeness (QED) is 0.847. The van der Waals surface area contributed by atoms with Crippen LogP contribution in [0.1, 0.15) is 12.5 Å². The SMILES string of the molecule is CC(NCc1ccccc1)(C(N)=O)C(F)(F)F. The second kappa shape index (κ2) is 4.75. The van der Waals surface area contributed by atoms with Crippen molar-refractivity contribution in [1.29, 1.82) is 0 Å². The molecule has 0 aliphatic heterocycles. The van der Waals surface area contributed by atoms with Crippen molar-refractivity contribution in [1.82, 2.24) is 5.32 Å². The van der Waals surface area contributed by atoms with Gasteiger partial charge in [-0.25, -0.2) is 0 Å². The highest BCUT2D eigenvalue weighted by Gasteiger charge is 2.55. The maximum atomic E-state index is 12.7. The molecule has 1 aromatic carbocycles. The van der Waals surface area contributed by atoms with Crippen LogP contribution in [-0.4, -0.2) is 17.6 Å². The van der Waals surface area contributed by atoms with E-state index in [-0.39, 0.29) is 6.54 Å². The largest absolute Gasteiger partial charge is 0.415 e.